The number of nitrogens with zero attached hydrogens (tertiary/aromatic N) is 1. The zero-order valence-corrected chi connectivity index (χ0v) is 9.17. The monoisotopic (exact) mass is 207 g/mol. The molecule has 1 aliphatic heterocycles. The number of sulfonamides is 1. The van der Waals surface area contributed by atoms with Crippen molar-refractivity contribution in [3.05, 3.63) is 0 Å². The molecule has 1 aliphatic rings. The zero-order chi connectivity index (χ0) is 10.1. The number of hydrogen-bond donors (Lipinski definition) is 0. The van der Waals surface area contributed by atoms with Gasteiger partial charge in [-0.15, -0.1) is 0 Å². The Hall–Kier alpha value is -0.130. The van der Waals surface area contributed by atoms with Gasteiger partial charge in [0.2, 0.25) is 10.0 Å². The highest BCUT2D eigenvalue weighted by molar-refractivity contribution is 7.89. The summed E-state index contributed by atoms with van der Waals surface area (Å²) in [5.74, 6) is 0.168. The molecule has 1 fully saturated rings. The van der Waals surface area contributed by atoms with Gasteiger partial charge in [-0.05, 0) is 20.8 Å². The Labute approximate surface area is 79.9 Å². The van der Waals surface area contributed by atoms with Crippen molar-refractivity contribution in [2.75, 3.05) is 19.0 Å². The molecule has 5 heteroatoms. The first kappa shape index (κ1) is 10.9. The number of hydrogen-bond acceptors (Lipinski definition) is 3. The van der Waals surface area contributed by atoms with E-state index in [1.165, 1.54) is 0 Å². The van der Waals surface area contributed by atoms with Crippen LogP contribution < -0.4 is 0 Å². The van der Waals surface area contributed by atoms with Gasteiger partial charge in [0.1, 0.15) is 0 Å². The molecule has 0 aromatic rings. The van der Waals surface area contributed by atoms with Gasteiger partial charge in [0, 0.05) is 12.1 Å². The van der Waals surface area contributed by atoms with Crippen molar-refractivity contribution in [3.63, 3.8) is 0 Å². The molecule has 4 nitrogen and oxygen atoms in total. The van der Waals surface area contributed by atoms with Crippen LogP contribution in [0.15, 0.2) is 0 Å². The average molecular weight is 207 g/mol. The summed E-state index contributed by atoms with van der Waals surface area (Å²) in [6.07, 6.45) is 0. The van der Waals surface area contributed by atoms with E-state index < -0.39 is 10.0 Å². The molecule has 1 rings (SSSR count). The molecule has 0 N–H and O–H groups in total. The summed E-state index contributed by atoms with van der Waals surface area (Å²) in [5, 5.41) is 0. The molecule has 1 saturated heterocycles. The first-order valence-electron chi connectivity index (χ1n) is 4.58. The Kier molecular flexibility index (Phi) is 3.32. The van der Waals surface area contributed by atoms with Crippen LogP contribution in [0.5, 0.6) is 0 Å². The van der Waals surface area contributed by atoms with E-state index in [1.807, 2.05) is 13.8 Å². The van der Waals surface area contributed by atoms with Gasteiger partial charge >= 0.3 is 0 Å². The van der Waals surface area contributed by atoms with Crippen molar-refractivity contribution >= 4 is 10.0 Å². The Morgan fingerprint density at radius 3 is 2.15 bits per heavy atom. The predicted molar refractivity (Wildman–Crippen MR) is 51.0 cm³/mol. The first-order valence-corrected chi connectivity index (χ1v) is 6.19. The van der Waals surface area contributed by atoms with E-state index in [1.54, 1.807) is 11.2 Å². The van der Waals surface area contributed by atoms with Gasteiger partial charge in [-0.1, -0.05) is 0 Å². The largest absolute Gasteiger partial charge is 0.378 e. The highest BCUT2D eigenvalue weighted by Crippen LogP contribution is 2.17. The molecule has 0 spiro atoms. The third-order valence-electron chi connectivity index (χ3n) is 2.27. The molecule has 78 valence electrons. The second kappa shape index (κ2) is 3.94. The molecule has 0 amide bonds. The van der Waals surface area contributed by atoms with E-state index in [9.17, 15) is 8.42 Å². The van der Waals surface area contributed by atoms with E-state index in [2.05, 4.69) is 0 Å². The first-order chi connectivity index (χ1) is 5.99. The smallest absolute Gasteiger partial charge is 0.214 e. The van der Waals surface area contributed by atoms with Crippen molar-refractivity contribution in [2.24, 2.45) is 0 Å². The summed E-state index contributed by atoms with van der Waals surface area (Å²) in [4.78, 5) is 0. The second-order valence-corrected chi connectivity index (χ2v) is 5.63. The summed E-state index contributed by atoms with van der Waals surface area (Å²) >= 11 is 0. The summed E-state index contributed by atoms with van der Waals surface area (Å²) in [5.41, 5.74) is 0. The normalized spacial score (nSPS) is 31.9. The molecular formula is C8H17NO3S. The lowest BCUT2D eigenvalue weighted by molar-refractivity contribution is 0.00645. The van der Waals surface area contributed by atoms with Crippen LogP contribution in [0.2, 0.25) is 0 Å². The maximum absolute atomic E-state index is 11.6. The minimum Gasteiger partial charge on any atom is -0.378 e. The maximum atomic E-state index is 11.6. The molecule has 13 heavy (non-hydrogen) atoms. The maximum Gasteiger partial charge on any atom is 0.214 e. The van der Waals surface area contributed by atoms with Crippen LogP contribution in [0.1, 0.15) is 20.8 Å². The molecule has 2 unspecified atom stereocenters. The van der Waals surface area contributed by atoms with Crippen LogP contribution in [0.4, 0.5) is 0 Å². The topological polar surface area (TPSA) is 46.6 Å². The molecule has 2 atom stereocenters. The van der Waals surface area contributed by atoms with Crippen LogP contribution in [-0.2, 0) is 14.8 Å². The lowest BCUT2D eigenvalue weighted by Crippen LogP contribution is -2.52. The highest BCUT2D eigenvalue weighted by atomic mass is 32.2. The predicted octanol–water partition coefficient (Wildman–Crippen LogP) is 0.445. The summed E-state index contributed by atoms with van der Waals surface area (Å²) in [7, 11) is -3.07. The number of morpholine rings is 1. The van der Waals surface area contributed by atoms with Gasteiger partial charge in [0.05, 0.1) is 19.0 Å². The standard InChI is InChI=1S/C8H17NO3S/c1-4-13(10,11)9-7(2)5-12-6-8(9)3/h7-8H,4-6H2,1-3H3. The summed E-state index contributed by atoms with van der Waals surface area (Å²) < 4.78 is 30.1. The van der Waals surface area contributed by atoms with Gasteiger partial charge in [-0.3, -0.25) is 0 Å². The van der Waals surface area contributed by atoms with Crippen molar-refractivity contribution in [3.8, 4) is 0 Å². The van der Waals surface area contributed by atoms with Gasteiger partial charge < -0.3 is 4.74 Å². The Morgan fingerprint density at radius 2 is 1.77 bits per heavy atom. The van der Waals surface area contributed by atoms with E-state index in [0.29, 0.717) is 13.2 Å². The fraction of sp³-hybridized carbons (Fsp3) is 1.00. The molecule has 0 bridgehead atoms. The molecule has 0 aromatic carbocycles. The minimum absolute atomic E-state index is 0.0336. The lowest BCUT2D eigenvalue weighted by atomic mass is 10.2. The van der Waals surface area contributed by atoms with Crippen LogP contribution in [0, 0.1) is 0 Å². The Balaban J connectivity index is 2.86. The molecule has 1 heterocycles. The summed E-state index contributed by atoms with van der Waals surface area (Å²) in [6.45, 7) is 6.43. The minimum atomic E-state index is -3.07. The highest BCUT2D eigenvalue weighted by Gasteiger charge is 2.33. The number of rotatable bonds is 2. The molecule has 0 aromatic heterocycles. The zero-order valence-electron chi connectivity index (χ0n) is 8.36. The molecule has 0 radical (unpaired) electrons. The number of ether oxygens (including phenoxy) is 1. The summed E-state index contributed by atoms with van der Waals surface area (Å²) in [6, 6.07) is -0.0672. The molecular weight excluding hydrogens is 190 g/mol. The van der Waals surface area contributed by atoms with Crippen molar-refractivity contribution < 1.29 is 13.2 Å². The Morgan fingerprint density at radius 1 is 1.31 bits per heavy atom. The van der Waals surface area contributed by atoms with E-state index in [-0.39, 0.29) is 17.8 Å². The van der Waals surface area contributed by atoms with Gasteiger partial charge in [0.25, 0.3) is 0 Å². The third kappa shape index (κ3) is 2.21. The van der Waals surface area contributed by atoms with Gasteiger partial charge in [0.15, 0.2) is 0 Å². The van der Waals surface area contributed by atoms with Crippen LogP contribution in [-0.4, -0.2) is 43.8 Å². The third-order valence-corrected chi connectivity index (χ3v) is 4.36. The quantitative estimate of drug-likeness (QED) is 0.660. The van der Waals surface area contributed by atoms with Crippen LogP contribution in [0.3, 0.4) is 0 Å². The fourth-order valence-electron chi connectivity index (χ4n) is 1.69. The van der Waals surface area contributed by atoms with E-state index in [4.69, 9.17) is 4.74 Å². The second-order valence-electron chi connectivity index (χ2n) is 3.47. The average Bonchev–Trinajstić information content (AvgIpc) is 2.03. The van der Waals surface area contributed by atoms with Crippen molar-refractivity contribution in [1.82, 2.24) is 4.31 Å². The van der Waals surface area contributed by atoms with E-state index >= 15 is 0 Å². The molecule has 0 aliphatic carbocycles. The SMILES string of the molecule is CCS(=O)(=O)N1C(C)COCC1C. The van der Waals surface area contributed by atoms with Gasteiger partial charge in [-0.25, -0.2) is 8.42 Å². The fourth-order valence-corrected chi connectivity index (χ4v) is 3.20. The van der Waals surface area contributed by atoms with E-state index in [0.717, 1.165) is 0 Å². The van der Waals surface area contributed by atoms with Gasteiger partial charge in [-0.2, -0.15) is 4.31 Å². The van der Waals surface area contributed by atoms with Crippen LogP contribution in [0.25, 0.3) is 0 Å². The molecule has 0 saturated carbocycles. The van der Waals surface area contributed by atoms with Crippen molar-refractivity contribution in [2.45, 2.75) is 32.9 Å². The lowest BCUT2D eigenvalue weighted by Gasteiger charge is -2.37. The Bertz CT molecular complexity index is 253. The van der Waals surface area contributed by atoms with Crippen molar-refractivity contribution in [1.29, 1.82) is 0 Å². The van der Waals surface area contributed by atoms with Crippen LogP contribution >= 0.6 is 0 Å².